The van der Waals surface area contributed by atoms with Gasteiger partial charge in [-0.2, -0.15) is 0 Å². The average molecular weight is 200 g/mol. The maximum Gasteiger partial charge on any atom is 0.302 e. The van der Waals surface area contributed by atoms with Gasteiger partial charge in [-0.1, -0.05) is 13.8 Å². The lowest BCUT2D eigenvalue weighted by Gasteiger charge is -2.15. The maximum atomic E-state index is 10.7. The zero-order valence-corrected chi connectivity index (χ0v) is 9.29. The van der Waals surface area contributed by atoms with E-state index in [-0.39, 0.29) is 12.1 Å². The summed E-state index contributed by atoms with van der Waals surface area (Å²) < 4.78 is 10.8. The molecule has 0 aromatic heterocycles. The van der Waals surface area contributed by atoms with Gasteiger partial charge in [0.1, 0.15) is 0 Å². The molecule has 1 saturated heterocycles. The van der Waals surface area contributed by atoms with Gasteiger partial charge in [-0.15, -0.1) is 0 Å². The summed E-state index contributed by atoms with van der Waals surface area (Å²) >= 11 is 0. The molecule has 82 valence electrons. The Balaban J connectivity index is 2.38. The molecule has 3 nitrogen and oxygen atoms in total. The van der Waals surface area contributed by atoms with Gasteiger partial charge in [0.15, 0.2) is 0 Å². The summed E-state index contributed by atoms with van der Waals surface area (Å²) in [6.45, 7) is 6.22. The van der Waals surface area contributed by atoms with E-state index in [1.54, 1.807) is 0 Å². The highest BCUT2D eigenvalue weighted by atomic mass is 16.5. The van der Waals surface area contributed by atoms with Crippen molar-refractivity contribution in [3.05, 3.63) is 0 Å². The Morgan fingerprint density at radius 1 is 1.43 bits per heavy atom. The van der Waals surface area contributed by atoms with Crippen molar-refractivity contribution in [2.45, 2.75) is 52.2 Å². The third kappa shape index (κ3) is 2.98. The van der Waals surface area contributed by atoms with Crippen LogP contribution in [0.5, 0.6) is 0 Å². The summed E-state index contributed by atoms with van der Waals surface area (Å²) in [5.74, 6) is 0.202. The normalized spacial score (nSPS) is 31.8. The number of carbonyl (C=O) groups is 1. The largest absolute Gasteiger partial charge is 0.465 e. The number of ether oxygens (including phenoxy) is 2. The molecule has 0 amide bonds. The molecular formula is C11H20O3. The standard InChI is InChI=1S/C11H20O3/c1-4-10-6-9(7-13-8(3)12)11(5-2)14-10/h9-11H,4-7H2,1-3H3. The molecule has 1 heterocycles. The Morgan fingerprint density at radius 2 is 2.14 bits per heavy atom. The van der Waals surface area contributed by atoms with Crippen molar-refractivity contribution < 1.29 is 14.3 Å². The van der Waals surface area contributed by atoms with E-state index >= 15 is 0 Å². The summed E-state index contributed by atoms with van der Waals surface area (Å²) in [7, 11) is 0. The smallest absolute Gasteiger partial charge is 0.302 e. The van der Waals surface area contributed by atoms with Gasteiger partial charge < -0.3 is 9.47 Å². The van der Waals surface area contributed by atoms with Crippen molar-refractivity contribution >= 4 is 5.97 Å². The Labute approximate surface area is 85.8 Å². The van der Waals surface area contributed by atoms with E-state index < -0.39 is 0 Å². The number of rotatable bonds is 4. The molecule has 0 aromatic rings. The molecule has 1 aliphatic heterocycles. The van der Waals surface area contributed by atoms with E-state index in [4.69, 9.17) is 9.47 Å². The molecule has 0 bridgehead atoms. The minimum absolute atomic E-state index is 0.195. The van der Waals surface area contributed by atoms with Crippen molar-refractivity contribution in [2.75, 3.05) is 6.61 Å². The van der Waals surface area contributed by atoms with E-state index in [0.29, 0.717) is 18.6 Å². The van der Waals surface area contributed by atoms with E-state index in [1.807, 2.05) is 0 Å². The molecule has 0 radical (unpaired) electrons. The first kappa shape index (κ1) is 11.5. The quantitative estimate of drug-likeness (QED) is 0.652. The third-order valence-electron chi connectivity index (χ3n) is 2.82. The summed E-state index contributed by atoms with van der Waals surface area (Å²) in [5.41, 5.74) is 0. The second-order valence-corrected chi connectivity index (χ2v) is 3.91. The number of hydrogen-bond acceptors (Lipinski definition) is 3. The Kier molecular flexibility index (Phi) is 4.39. The minimum atomic E-state index is -0.195. The highest BCUT2D eigenvalue weighted by molar-refractivity contribution is 5.65. The first-order chi connectivity index (χ1) is 6.67. The van der Waals surface area contributed by atoms with E-state index in [0.717, 1.165) is 19.3 Å². The van der Waals surface area contributed by atoms with Crippen LogP contribution in [-0.4, -0.2) is 24.8 Å². The van der Waals surface area contributed by atoms with Crippen molar-refractivity contribution in [3.63, 3.8) is 0 Å². The van der Waals surface area contributed by atoms with Crippen LogP contribution in [0.25, 0.3) is 0 Å². The summed E-state index contributed by atoms with van der Waals surface area (Å²) in [4.78, 5) is 10.7. The zero-order chi connectivity index (χ0) is 10.6. The molecule has 1 fully saturated rings. The van der Waals surface area contributed by atoms with Crippen molar-refractivity contribution in [3.8, 4) is 0 Å². The SMILES string of the molecule is CCC1CC(COC(C)=O)C(CC)O1. The second-order valence-electron chi connectivity index (χ2n) is 3.91. The maximum absolute atomic E-state index is 10.7. The highest BCUT2D eigenvalue weighted by Crippen LogP contribution is 2.30. The van der Waals surface area contributed by atoms with Gasteiger partial charge in [0.05, 0.1) is 18.8 Å². The van der Waals surface area contributed by atoms with Gasteiger partial charge in [-0.25, -0.2) is 0 Å². The molecule has 14 heavy (non-hydrogen) atoms. The molecule has 3 unspecified atom stereocenters. The van der Waals surface area contributed by atoms with Crippen molar-refractivity contribution in [1.82, 2.24) is 0 Å². The van der Waals surface area contributed by atoms with E-state index in [2.05, 4.69) is 13.8 Å². The van der Waals surface area contributed by atoms with Crippen molar-refractivity contribution in [1.29, 1.82) is 0 Å². The summed E-state index contributed by atoms with van der Waals surface area (Å²) in [6.07, 6.45) is 3.72. The van der Waals surface area contributed by atoms with Crippen LogP contribution in [0.1, 0.15) is 40.0 Å². The fourth-order valence-electron chi connectivity index (χ4n) is 2.00. The molecule has 0 spiro atoms. The topological polar surface area (TPSA) is 35.5 Å². The van der Waals surface area contributed by atoms with Crippen LogP contribution in [0, 0.1) is 5.92 Å². The molecule has 1 rings (SSSR count). The molecule has 1 aliphatic rings. The second kappa shape index (κ2) is 5.35. The van der Waals surface area contributed by atoms with E-state index in [9.17, 15) is 4.79 Å². The Morgan fingerprint density at radius 3 is 2.64 bits per heavy atom. The van der Waals surface area contributed by atoms with Crippen LogP contribution < -0.4 is 0 Å². The van der Waals surface area contributed by atoms with Gasteiger partial charge in [0, 0.05) is 12.8 Å². The van der Waals surface area contributed by atoms with Crippen molar-refractivity contribution in [2.24, 2.45) is 5.92 Å². The molecule has 3 heteroatoms. The predicted molar refractivity (Wildman–Crippen MR) is 54.0 cm³/mol. The first-order valence-electron chi connectivity index (χ1n) is 5.46. The van der Waals surface area contributed by atoms with Gasteiger partial charge in [0.2, 0.25) is 0 Å². The summed E-state index contributed by atoms with van der Waals surface area (Å²) in [6, 6.07) is 0. The van der Waals surface area contributed by atoms with Crippen LogP contribution in [-0.2, 0) is 14.3 Å². The lowest BCUT2D eigenvalue weighted by molar-refractivity contribution is -0.142. The first-order valence-corrected chi connectivity index (χ1v) is 5.46. The van der Waals surface area contributed by atoms with Crippen LogP contribution in [0.2, 0.25) is 0 Å². The van der Waals surface area contributed by atoms with Gasteiger partial charge in [0.25, 0.3) is 0 Å². The number of carbonyl (C=O) groups excluding carboxylic acids is 1. The van der Waals surface area contributed by atoms with Crippen LogP contribution in [0.15, 0.2) is 0 Å². The molecule has 3 atom stereocenters. The lowest BCUT2D eigenvalue weighted by Crippen LogP contribution is -2.21. The van der Waals surface area contributed by atoms with Crippen LogP contribution in [0.3, 0.4) is 0 Å². The Hall–Kier alpha value is -0.570. The Bertz CT molecular complexity index is 191. The predicted octanol–water partition coefficient (Wildman–Crippen LogP) is 2.14. The van der Waals surface area contributed by atoms with Gasteiger partial charge in [-0.3, -0.25) is 4.79 Å². The monoisotopic (exact) mass is 200 g/mol. The van der Waals surface area contributed by atoms with E-state index in [1.165, 1.54) is 6.92 Å². The third-order valence-corrected chi connectivity index (χ3v) is 2.82. The molecule has 0 N–H and O–H groups in total. The fourth-order valence-corrected chi connectivity index (χ4v) is 2.00. The number of esters is 1. The lowest BCUT2D eigenvalue weighted by atomic mass is 9.98. The van der Waals surface area contributed by atoms with Gasteiger partial charge in [-0.05, 0) is 19.3 Å². The molecule has 0 aromatic carbocycles. The fraction of sp³-hybridized carbons (Fsp3) is 0.909. The average Bonchev–Trinajstić information content (AvgIpc) is 2.57. The number of hydrogen-bond donors (Lipinski definition) is 0. The molecular weight excluding hydrogens is 180 g/mol. The molecule has 0 saturated carbocycles. The van der Waals surface area contributed by atoms with Gasteiger partial charge >= 0.3 is 5.97 Å². The zero-order valence-electron chi connectivity index (χ0n) is 9.29. The summed E-state index contributed by atoms with van der Waals surface area (Å²) in [5, 5.41) is 0. The van der Waals surface area contributed by atoms with Crippen LogP contribution >= 0.6 is 0 Å². The molecule has 0 aliphatic carbocycles. The minimum Gasteiger partial charge on any atom is -0.465 e. The highest BCUT2D eigenvalue weighted by Gasteiger charge is 2.33. The van der Waals surface area contributed by atoms with Crippen LogP contribution in [0.4, 0.5) is 0 Å².